The maximum Gasteiger partial charge on any atom is 0.254 e. The molecule has 3 amide bonds. The lowest BCUT2D eigenvalue weighted by Gasteiger charge is -2.15. The normalized spacial score (nSPS) is 11.2. The number of para-hydroxylation sites is 1. The fourth-order valence-electron chi connectivity index (χ4n) is 1.63. The molecule has 0 saturated heterocycles. The Morgan fingerprint density at radius 3 is 2.55 bits per heavy atom. The van der Waals surface area contributed by atoms with Gasteiger partial charge in [0.1, 0.15) is 6.04 Å². The Hall–Kier alpha value is -2.63. The van der Waals surface area contributed by atoms with E-state index in [0.717, 1.165) is 0 Å². The summed E-state index contributed by atoms with van der Waals surface area (Å²) in [7, 11) is 0. The number of carbonyl (C=O) groups excluding carboxylic acids is 3. The van der Waals surface area contributed by atoms with Crippen molar-refractivity contribution in [3.8, 4) is 0 Å². The first-order valence-corrected chi connectivity index (χ1v) is 6.03. The van der Waals surface area contributed by atoms with E-state index in [1.165, 1.54) is 13.0 Å². The molecule has 20 heavy (non-hydrogen) atoms. The molecule has 0 aliphatic carbocycles. The van der Waals surface area contributed by atoms with Gasteiger partial charge in [-0.15, -0.1) is 6.58 Å². The number of nitrogens with two attached hydrogens (primary N) is 1. The molecule has 0 aromatic heterocycles. The summed E-state index contributed by atoms with van der Waals surface area (Å²) >= 11 is 0. The van der Waals surface area contributed by atoms with Crippen LogP contribution in [-0.2, 0) is 9.59 Å². The number of hydrogen-bond donors (Lipinski definition) is 3. The zero-order valence-electron chi connectivity index (χ0n) is 11.2. The average Bonchev–Trinajstić information content (AvgIpc) is 2.37. The highest BCUT2D eigenvalue weighted by Crippen LogP contribution is 2.15. The molecule has 6 heteroatoms. The summed E-state index contributed by atoms with van der Waals surface area (Å²) in [5.41, 5.74) is 5.83. The van der Waals surface area contributed by atoms with Crippen LogP contribution in [0.1, 0.15) is 23.7 Å². The minimum absolute atomic E-state index is 0.239. The van der Waals surface area contributed by atoms with Crippen LogP contribution in [0.5, 0.6) is 0 Å². The van der Waals surface area contributed by atoms with E-state index in [1.807, 2.05) is 0 Å². The summed E-state index contributed by atoms with van der Waals surface area (Å²) in [5.74, 6) is -1.42. The third-order valence-corrected chi connectivity index (χ3v) is 2.53. The van der Waals surface area contributed by atoms with Crippen molar-refractivity contribution in [2.45, 2.75) is 19.4 Å². The van der Waals surface area contributed by atoms with Gasteiger partial charge in [0.25, 0.3) is 5.91 Å². The fourth-order valence-corrected chi connectivity index (χ4v) is 1.63. The van der Waals surface area contributed by atoms with Gasteiger partial charge in [0.2, 0.25) is 11.8 Å². The summed E-state index contributed by atoms with van der Waals surface area (Å²) in [5, 5.41) is 5.06. The van der Waals surface area contributed by atoms with E-state index in [-0.39, 0.29) is 17.9 Å². The number of hydrogen-bond acceptors (Lipinski definition) is 3. The maximum absolute atomic E-state index is 12.1. The fraction of sp³-hybridized carbons (Fsp3) is 0.214. The average molecular weight is 275 g/mol. The molecule has 0 unspecified atom stereocenters. The molecule has 1 atom stereocenters. The van der Waals surface area contributed by atoms with Crippen LogP contribution in [0.2, 0.25) is 0 Å². The molecule has 1 rings (SSSR count). The highest BCUT2D eigenvalue weighted by Gasteiger charge is 2.19. The van der Waals surface area contributed by atoms with Gasteiger partial charge in [-0.2, -0.15) is 0 Å². The van der Waals surface area contributed by atoms with Crippen molar-refractivity contribution < 1.29 is 14.4 Å². The van der Waals surface area contributed by atoms with Crippen LogP contribution in [0.25, 0.3) is 0 Å². The number of amides is 3. The number of anilines is 1. The van der Waals surface area contributed by atoms with Crippen molar-refractivity contribution in [3.05, 3.63) is 42.5 Å². The highest BCUT2D eigenvalue weighted by atomic mass is 16.2. The summed E-state index contributed by atoms with van der Waals surface area (Å²) in [6.45, 7) is 4.85. The van der Waals surface area contributed by atoms with Crippen LogP contribution < -0.4 is 16.4 Å². The van der Waals surface area contributed by atoms with Crippen molar-refractivity contribution in [3.63, 3.8) is 0 Å². The van der Waals surface area contributed by atoms with Crippen molar-refractivity contribution in [1.82, 2.24) is 5.32 Å². The number of benzene rings is 1. The third-order valence-electron chi connectivity index (χ3n) is 2.53. The second kappa shape index (κ2) is 7.08. The van der Waals surface area contributed by atoms with Gasteiger partial charge in [0.05, 0.1) is 11.3 Å². The Morgan fingerprint density at radius 2 is 2.00 bits per heavy atom. The number of primary amides is 1. The van der Waals surface area contributed by atoms with E-state index in [1.54, 1.807) is 24.3 Å². The summed E-state index contributed by atoms with van der Waals surface area (Å²) in [4.78, 5) is 34.4. The molecule has 106 valence electrons. The van der Waals surface area contributed by atoms with Gasteiger partial charge < -0.3 is 16.4 Å². The molecular formula is C14H17N3O3. The smallest absolute Gasteiger partial charge is 0.254 e. The lowest BCUT2D eigenvalue weighted by molar-refractivity contribution is -0.119. The molecule has 6 nitrogen and oxygen atoms in total. The van der Waals surface area contributed by atoms with Gasteiger partial charge in [-0.1, -0.05) is 18.2 Å². The summed E-state index contributed by atoms with van der Waals surface area (Å²) in [6, 6.07) is 5.67. The van der Waals surface area contributed by atoms with Crippen molar-refractivity contribution in [2.24, 2.45) is 5.73 Å². The standard InChI is InChI=1S/C14H17N3O3/c1-3-6-12(13(15)19)17-14(20)10-7-4-5-8-11(10)16-9(2)18/h3-5,7-8,12H,1,6H2,2H3,(H2,15,19)(H,16,18)(H,17,20)/t12-/m0/s1. The van der Waals surface area contributed by atoms with E-state index in [4.69, 9.17) is 5.73 Å². The Morgan fingerprint density at radius 1 is 1.35 bits per heavy atom. The Bertz CT molecular complexity index is 540. The van der Waals surface area contributed by atoms with Crippen molar-refractivity contribution >= 4 is 23.4 Å². The van der Waals surface area contributed by atoms with Crippen LogP contribution in [0.3, 0.4) is 0 Å². The van der Waals surface area contributed by atoms with E-state index in [2.05, 4.69) is 17.2 Å². The Labute approximate surface area is 117 Å². The molecule has 0 spiro atoms. The van der Waals surface area contributed by atoms with Crippen LogP contribution >= 0.6 is 0 Å². The van der Waals surface area contributed by atoms with Crippen molar-refractivity contribution in [1.29, 1.82) is 0 Å². The first-order chi connectivity index (χ1) is 9.45. The molecule has 0 radical (unpaired) electrons. The van der Waals surface area contributed by atoms with E-state index in [0.29, 0.717) is 5.69 Å². The second-order valence-corrected chi connectivity index (χ2v) is 4.18. The Kier molecular flexibility index (Phi) is 5.46. The molecule has 0 bridgehead atoms. The maximum atomic E-state index is 12.1. The van der Waals surface area contributed by atoms with Gasteiger partial charge in [0.15, 0.2) is 0 Å². The Balaban J connectivity index is 2.93. The van der Waals surface area contributed by atoms with Gasteiger partial charge in [-0.25, -0.2) is 0 Å². The van der Waals surface area contributed by atoms with Gasteiger partial charge in [-0.3, -0.25) is 14.4 Å². The molecule has 1 aromatic carbocycles. The first kappa shape index (κ1) is 15.4. The molecule has 0 aliphatic heterocycles. The lowest BCUT2D eigenvalue weighted by atomic mass is 10.1. The summed E-state index contributed by atoms with van der Waals surface area (Å²) in [6.07, 6.45) is 1.73. The van der Waals surface area contributed by atoms with E-state index >= 15 is 0 Å². The third kappa shape index (κ3) is 4.24. The molecule has 0 fully saturated rings. The quantitative estimate of drug-likeness (QED) is 0.669. The summed E-state index contributed by atoms with van der Waals surface area (Å²) < 4.78 is 0. The van der Waals surface area contributed by atoms with Crippen LogP contribution in [0.15, 0.2) is 36.9 Å². The van der Waals surface area contributed by atoms with Crippen LogP contribution in [-0.4, -0.2) is 23.8 Å². The topological polar surface area (TPSA) is 101 Å². The zero-order valence-corrected chi connectivity index (χ0v) is 11.2. The molecule has 1 aromatic rings. The SMILES string of the molecule is C=CC[C@H](NC(=O)c1ccccc1NC(C)=O)C(N)=O. The molecule has 4 N–H and O–H groups in total. The largest absolute Gasteiger partial charge is 0.368 e. The molecule has 0 aliphatic rings. The number of rotatable bonds is 6. The first-order valence-electron chi connectivity index (χ1n) is 6.03. The molecule has 0 heterocycles. The number of carbonyl (C=O) groups is 3. The lowest BCUT2D eigenvalue weighted by Crippen LogP contribution is -2.44. The van der Waals surface area contributed by atoms with Crippen LogP contribution in [0, 0.1) is 0 Å². The highest BCUT2D eigenvalue weighted by molar-refractivity contribution is 6.04. The van der Waals surface area contributed by atoms with Crippen LogP contribution in [0.4, 0.5) is 5.69 Å². The zero-order chi connectivity index (χ0) is 15.1. The van der Waals surface area contributed by atoms with Crippen molar-refractivity contribution in [2.75, 3.05) is 5.32 Å². The minimum Gasteiger partial charge on any atom is -0.368 e. The van der Waals surface area contributed by atoms with Gasteiger partial charge >= 0.3 is 0 Å². The van der Waals surface area contributed by atoms with E-state index in [9.17, 15) is 14.4 Å². The van der Waals surface area contributed by atoms with Gasteiger partial charge in [0, 0.05) is 6.92 Å². The monoisotopic (exact) mass is 275 g/mol. The molecular weight excluding hydrogens is 258 g/mol. The molecule has 0 saturated carbocycles. The predicted molar refractivity (Wildman–Crippen MR) is 76.0 cm³/mol. The second-order valence-electron chi connectivity index (χ2n) is 4.18. The van der Waals surface area contributed by atoms with E-state index < -0.39 is 17.9 Å². The minimum atomic E-state index is -0.828. The number of nitrogens with one attached hydrogen (secondary N) is 2. The predicted octanol–water partition coefficient (Wildman–Crippen LogP) is 0.805. The van der Waals surface area contributed by atoms with Gasteiger partial charge in [-0.05, 0) is 18.6 Å².